The predicted molar refractivity (Wildman–Crippen MR) is 68.2 cm³/mol. The minimum absolute atomic E-state index is 0. The Kier molecular flexibility index (Phi) is 5.98. The number of aryl methyl sites for hydroxylation is 1. The van der Waals surface area contributed by atoms with Crippen molar-refractivity contribution >= 4 is 16.7 Å². The van der Waals surface area contributed by atoms with Crippen LogP contribution in [0.15, 0.2) is 29.1 Å². The molecule has 0 aliphatic carbocycles. The Morgan fingerprint density at radius 1 is 1.37 bits per heavy atom. The molecule has 0 saturated carbocycles. The molecule has 0 heterocycles. The summed E-state index contributed by atoms with van der Waals surface area (Å²) in [7, 11) is 0. The molecule has 0 spiro atoms. The summed E-state index contributed by atoms with van der Waals surface area (Å²) >= 11 is 0. The van der Waals surface area contributed by atoms with E-state index >= 15 is 0 Å². The van der Waals surface area contributed by atoms with Crippen LogP contribution < -0.4 is 63.6 Å². The molecule has 4 nitrogen and oxygen atoms in total. The van der Waals surface area contributed by atoms with Gasteiger partial charge in [0, 0.05) is 0 Å². The van der Waals surface area contributed by atoms with Crippen LogP contribution in [0.4, 0.5) is 0 Å². The maximum Gasteiger partial charge on any atom is 1.00 e. The van der Waals surface area contributed by atoms with Gasteiger partial charge in [-0.25, -0.2) is 0 Å². The molecule has 0 amide bonds. The fourth-order valence-electron chi connectivity index (χ4n) is 1.96. The summed E-state index contributed by atoms with van der Waals surface area (Å²) < 4.78 is 4.79. The fraction of sp³-hybridized carbons (Fsp3) is 0.214. The van der Waals surface area contributed by atoms with Crippen molar-refractivity contribution in [2.75, 3.05) is 6.61 Å². The van der Waals surface area contributed by atoms with E-state index in [1.807, 2.05) is 0 Å². The van der Waals surface area contributed by atoms with Crippen LogP contribution in [0.2, 0.25) is 0 Å². The van der Waals surface area contributed by atoms with Crippen molar-refractivity contribution in [3.05, 3.63) is 45.6 Å². The van der Waals surface area contributed by atoms with Gasteiger partial charge in [-0.15, -0.1) is 17.5 Å². The average molecular weight is 331 g/mol. The van der Waals surface area contributed by atoms with Crippen LogP contribution >= 0.6 is 0 Å². The Hall–Kier alpha value is -0.425. The van der Waals surface area contributed by atoms with E-state index in [-0.39, 0.29) is 76.1 Å². The minimum Gasteiger partial charge on any atom is -0.526 e. The molecule has 0 saturated heterocycles. The fourth-order valence-corrected chi connectivity index (χ4v) is 1.96. The number of carbonyl (C=O) groups is 1. The molecule has 0 aromatic heterocycles. The number of hydrogen-bond acceptors (Lipinski definition) is 4. The number of esters is 1. The molecule has 0 unspecified atom stereocenters. The smallest absolute Gasteiger partial charge is 0.526 e. The molecule has 5 heteroatoms. The molecule has 0 atom stereocenters. The van der Waals surface area contributed by atoms with E-state index < -0.39 is 11.4 Å². The van der Waals surface area contributed by atoms with Crippen molar-refractivity contribution in [2.45, 2.75) is 13.8 Å². The maximum absolute atomic E-state index is 12.1. The normalized spacial score (nSPS) is 10.0. The second-order valence-corrected chi connectivity index (χ2v) is 3.94. The standard InChI is InChI=1S/C14H13O4.Rb/c1-3-18-14(17)11-12(15)8(2)9-6-4-5-7-10(9)13(11)16;/h4-7,16H,3H2,1-2H3;/q-1;+1. The molecule has 0 bridgehead atoms. The third kappa shape index (κ3) is 3.02. The number of fused-ring (bicyclic) bond motifs is 1. The van der Waals surface area contributed by atoms with Crippen molar-refractivity contribution in [3.8, 4) is 5.75 Å². The minimum atomic E-state index is -0.783. The van der Waals surface area contributed by atoms with E-state index in [1.54, 1.807) is 38.1 Å². The van der Waals surface area contributed by atoms with E-state index in [9.17, 15) is 14.7 Å². The molecule has 0 fully saturated rings. The average Bonchev–Trinajstić information content (AvgIpc) is 2.37. The zero-order valence-corrected chi connectivity index (χ0v) is 16.1. The molecule has 0 radical (unpaired) electrons. The zero-order chi connectivity index (χ0) is 13.3. The number of aromatic hydroxyl groups is 1. The zero-order valence-electron chi connectivity index (χ0n) is 11.2. The monoisotopic (exact) mass is 330 g/mol. The maximum atomic E-state index is 12.1. The molecule has 1 N–H and O–H groups in total. The second kappa shape index (κ2) is 6.84. The first-order valence-corrected chi connectivity index (χ1v) is 5.66. The summed E-state index contributed by atoms with van der Waals surface area (Å²) in [5.74, 6) is -1.09. The SMILES string of the molecule is CCOC(=O)c1c(O)c2ccccc2[c-](C)c1=O.[Rb+]. The van der Waals surface area contributed by atoms with Gasteiger partial charge in [-0.1, -0.05) is 30.0 Å². The van der Waals surface area contributed by atoms with Crippen molar-refractivity contribution in [1.29, 1.82) is 0 Å². The number of benzene rings is 2. The number of phenolic OH excluding ortho intramolecular Hbond substituents is 1. The Balaban J connectivity index is 0.00000180. The van der Waals surface area contributed by atoms with Gasteiger partial charge in [0.1, 0.15) is 5.43 Å². The number of rotatable bonds is 2. The topological polar surface area (TPSA) is 63.6 Å². The quantitative estimate of drug-likeness (QED) is 0.573. The first kappa shape index (κ1) is 16.6. The van der Waals surface area contributed by atoms with E-state index in [4.69, 9.17) is 4.74 Å². The van der Waals surface area contributed by atoms with Gasteiger partial charge in [-0.05, 0) is 6.92 Å². The summed E-state index contributed by atoms with van der Waals surface area (Å²) in [6.07, 6.45) is 0. The molecule has 0 aliphatic heterocycles. The van der Waals surface area contributed by atoms with Gasteiger partial charge in [0.25, 0.3) is 0 Å². The molecule has 2 aromatic rings. The molecule has 2 aromatic carbocycles. The van der Waals surface area contributed by atoms with Gasteiger partial charge in [0.2, 0.25) is 0 Å². The Labute approximate surface area is 159 Å². The first-order chi connectivity index (χ1) is 8.57. The Morgan fingerprint density at radius 3 is 2.63 bits per heavy atom. The molecular formula is C14H13O4Rb. The molecular weight excluding hydrogens is 318 g/mol. The first-order valence-electron chi connectivity index (χ1n) is 5.66. The third-order valence-electron chi connectivity index (χ3n) is 2.87. The number of phenols is 1. The summed E-state index contributed by atoms with van der Waals surface area (Å²) in [5.41, 5.74) is -0.329. The van der Waals surface area contributed by atoms with E-state index in [2.05, 4.69) is 0 Å². The van der Waals surface area contributed by atoms with Gasteiger partial charge < -0.3 is 14.6 Å². The molecule has 0 aliphatic rings. The molecule has 2 rings (SSSR count). The van der Waals surface area contributed by atoms with E-state index in [1.165, 1.54) is 0 Å². The van der Waals surface area contributed by atoms with Crippen LogP contribution in [0.1, 0.15) is 22.8 Å². The van der Waals surface area contributed by atoms with Gasteiger partial charge >= 0.3 is 64.2 Å². The Morgan fingerprint density at radius 2 is 2.00 bits per heavy atom. The van der Waals surface area contributed by atoms with Crippen LogP contribution in [-0.4, -0.2) is 17.7 Å². The van der Waals surface area contributed by atoms with Crippen LogP contribution in [0.25, 0.3) is 10.8 Å². The molecule has 19 heavy (non-hydrogen) atoms. The van der Waals surface area contributed by atoms with Gasteiger partial charge in [-0.2, -0.15) is 0 Å². The van der Waals surface area contributed by atoms with Crippen LogP contribution in [0.3, 0.4) is 0 Å². The van der Waals surface area contributed by atoms with Crippen molar-refractivity contribution in [2.24, 2.45) is 0 Å². The van der Waals surface area contributed by atoms with Crippen molar-refractivity contribution in [1.82, 2.24) is 0 Å². The molecule has 94 valence electrons. The Bertz CT molecular complexity index is 673. The third-order valence-corrected chi connectivity index (χ3v) is 2.87. The van der Waals surface area contributed by atoms with E-state index in [0.29, 0.717) is 16.3 Å². The van der Waals surface area contributed by atoms with Crippen LogP contribution in [0.5, 0.6) is 5.75 Å². The van der Waals surface area contributed by atoms with Crippen LogP contribution in [-0.2, 0) is 4.74 Å². The van der Waals surface area contributed by atoms with Gasteiger partial charge in [-0.3, -0.25) is 4.79 Å². The summed E-state index contributed by atoms with van der Waals surface area (Å²) in [6, 6.07) is 6.92. The second-order valence-electron chi connectivity index (χ2n) is 3.94. The van der Waals surface area contributed by atoms with E-state index in [0.717, 1.165) is 0 Å². The van der Waals surface area contributed by atoms with Crippen molar-refractivity contribution in [3.63, 3.8) is 0 Å². The number of carbonyl (C=O) groups excluding carboxylic acids is 1. The summed E-state index contributed by atoms with van der Waals surface area (Å²) in [6.45, 7) is 3.43. The van der Waals surface area contributed by atoms with Crippen LogP contribution in [0, 0.1) is 6.92 Å². The number of hydrogen-bond donors (Lipinski definition) is 1. The van der Waals surface area contributed by atoms with Gasteiger partial charge in [0.05, 0.1) is 17.9 Å². The number of ether oxygens (including phenoxy) is 1. The largest absolute Gasteiger partial charge is 1.00 e. The predicted octanol–water partition coefficient (Wildman–Crippen LogP) is -0.886. The summed E-state index contributed by atoms with van der Waals surface area (Å²) in [4.78, 5) is 23.8. The summed E-state index contributed by atoms with van der Waals surface area (Å²) in [5, 5.41) is 11.2. The van der Waals surface area contributed by atoms with Crippen molar-refractivity contribution < 1.29 is 72.8 Å². The van der Waals surface area contributed by atoms with Gasteiger partial charge in [0.15, 0.2) is 0 Å².